The number of likely N-dealkylation sites (tertiary alicyclic amines) is 1. The summed E-state index contributed by atoms with van der Waals surface area (Å²) in [7, 11) is 0. The summed E-state index contributed by atoms with van der Waals surface area (Å²) < 4.78 is 0. The Labute approximate surface area is 120 Å². The van der Waals surface area contributed by atoms with E-state index in [0.717, 1.165) is 12.8 Å². The number of rotatable bonds is 6. The Morgan fingerprint density at radius 1 is 1.40 bits per heavy atom. The molecule has 112 valence electrons. The predicted octanol–water partition coefficient (Wildman–Crippen LogP) is 2.08. The molecule has 0 aromatic carbocycles. The molecule has 0 radical (unpaired) electrons. The van der Waals surface area contributed by atoms with Crippen LogP contribution in [0.5, 0.6) is 0 Å². The first kappa shape index (κ1) is 16.4. The number of hydrogen-bond donors (Lipinski definition) is 2. The summed E-state index contributed by atoms with van der Waals surface area (Å²) in [6.07, 6.45) is 9.17. The molecule has 1 aliphatic rings. The summed E-state index contributed by atoms with van der Waals surface area (Å²) >= 11 is 0. The van der Waals surface area contributed by atoms with Gasteiger partial charge in [0.2, 0.25) is 0 Å². The molecule has 1 aliphatic heterocycles. The molecule has 0 saturated carbocycles. The first-order valence-electron chi connectivity index (χ1n) is 7.25. The van der Waals surface area contributed by atoms with E-state index in [-0.39, 0.29) is 6.03 Å². The van der Waals surface area contributed by atoms with Crippen molar-refractivity contribution >= 4 is 12.0 Å². The Hall–Kier alpha value is -1.70. The van der Waals surface area contributed by atoms with Gasteiger partial charge in [0, 0.05) is 26.1 Å². The van der Waals surface area contributed by atoms with Crippen molar-refractivity contribution in [3.05, 3.63) is 0 Å². The Balaban J connectivity index is 2.42. The molecule has 1 fully saturated rings. The Morgan fingerprint density at radius 2 is 2.05 bits per heavy atom. The lowest BCUT2D eigenvalue weighted by Gasteiger charge is -2.38. The van der Waals surface area contributed by atoms with Gasteiger partial charge in [0.15, 0.2) is 0 Å². The van der Waals surface area contributed by atoms with Crippen molar-refractivity contribution in [3.8, 4) is 12.3 Å². The molecule has 1 saturated heterocycles. The highest BCUT2D eigenvalue weighted by atomic mass is 16.4. The van der Waals surface area contributed by atoms with Crippen LogP contribution in [0, 0.1) is 17.8 Å². The van der Waals surface area contributed by atoms with Gasteiger partial charge in [-0.3, -0.25) is 4.79 Å². The Bertz CT molecular complexity index is 379. The minimum absolute atomic E-state index is 0.113. The topological polar surface area (TPSA) is 69.6 Å². The van der Waals surface area contributed by atoms with Crippen molar-refractivity contribution in [2.45, 2.75) is 45.4 Å². The minimum Gasteiger partial charge on any atom is -0.481 e. The van der Waals surface area contributed by atoms with Gasteiger partial charge in [-0.05, 0) is 25.7 Å². The summed E-state index contributed by atoms with van der Waals surface area (Å²) in [4.78, 5) is 25.1. The highest BCUT2D eigenvalue weighted by Crippen LogP contribution is 2.36. The molecule has 0 aromatic rings. The maximum atomic E-state index is 11.9. The van der Waals surface area contributed by atoms with Gasteiger partial charge in [-0.1, -0.05) is 13.3 Å². The van der Waals surface area contributed by atoms with Crippen LogP contribution in [0.1, 0.15) is 45.4 Å². The average molecular weight is 280 g/mol. The normalized spacial score (nSPS) is 17.3. The van der Waals surface area contributed by atoms with E-state index in [1.165, 1.54) is 0 Å². The van der Waals surface area contributed by atoms with E-state index in [4.69, 9.17) is 6.42 Å². The lowest BCUT2D eigenvalue weighted by atomic mass is 9.75. The third-order valence-electron chi connectivity index (χ3n) is 3.96. The van der Waals surface area contributed by atoms with Gasteiger partial charge < -0.3 is 15.3 Å². The quantitative estimate of drug-likeness (QED) is 0.578. The second kappa shape index (κ2) is 7.78. The number of nitrogens with one attached hydrogen (secondary N) is 1. The van der Waals surface area contributed by atoms with Crippen LogP contribution in [0.15, 0.2) is 0 Å². The molecule has 0 aromatic heterocycles. The molecule has 5 heteroatoms. The molecule has 0 aliphatic carbocycles. The number of piperidine rings is 1. The van der Waals surface area contributed by atoms with E-state index in [2.05, 4.69) is 11.2 Å². The second-order valence-electron chi connectivity index (χ2n) is 5.36. The van der Waals surface area contributed by atoms with Gasteiger partial charge >= 0.3 is 12.0 Å². The Kier molecular flexibility index (Phi) is 6.37. The third kappa shape index (κ3) is 4.16. The molecule has 0 spiro atoms. The third-order valence-corrected chi connectivity index (χ3v) is 3.96. The molecule has 0 bridgehead atoms. The molecular formula is C15H24N2O3. The Morgan fingerprint density at radius 3 is 2.55 bits per heavy atom. The summed E-state index contributed by atoms with van der Waals surface area (Å²) in [6, 6.07) is -0.113. The van der Waals surface area contributed by atoms with Crippen LogP contribution in [0.2, 0.25) is 0 Å². The predicted molar refractivity (Wildman–Crippen MR) is 77.2 cm³/mol. The lowest BCUT2D eigenvalue weighted by molar-refractivity contribution is -0.152. The van der Waals surface area contributed by atoms with E-state index in [1.54, 1.807) is 4.90 Å². The van der Waals surface area contributed by atoms with Crippen LogP contribution in [-0.4, -0.2) is 41.6 Å². The first-order chi connectivity index (χ1) is 9.55. The fourth-order valence-corrected chi connectivity index (χ4v) is 2.68. The maximum Gasteiger partial charge on any atom is 0.317 e. The number of carboxylic acids is 1. The molecule has 2 N–H and O–H groups in total. The number of unbranched alkanes of at least 4 members (excludes halogenated alkanes) is 1. The first-order valence-corrected chi connectivity index (χ1v) is 7.25. The maximum absolute atomic E-state index is 11.9. The van der Waals surface area contributed by atoms with Crippen LogP contribution in [0.4, 0.5) is 4.79 Å². The number of aliphatic carboxylic acids is 1. The fraction of sp³-hybridized carbons (Fsp3) is 0.733. The van der Waals surface area contributed by atoms with Crippen LogP contribution >= 0.6 is 0 Å². The summed E-state index contributed by atoms with van der Waals surface area (Å²) in [5.74, 6) is 1.80. The lowest BCUT2D eigenvalue weighted by Crippen LogP contribution is -2.49. The molecule has 5 nitrogen and oxygen atoms in total. The molecule has 1 rings (SSSR count). The molecule has 1 heterocycles. The van der Waals surface area contributed by atoms with Gasteiger partial charge in [0.25, 0.3) is 0 Å². The molecule has 0 atom stereocenters. The fourth-order valence-electron chi connectivity index (χ4n) is 2.68. The van der Waals surface area contributed by atoms with Crippen LogP contribution < -0.4 is 5.32 Å². The smallest absolute Gasteiger partial charge is 0.317 e. The number of carbonyl (C=O) groups is 2. The van der Waals surface area contributed by atoms with Crippen LogP contribution in [-0.2, 0) is 4.79 Å². The van der Waals surface area contributed by atoms with Gasteiger partial charge in [0.05, 0.1) is 5.41 Å². The van der Waals surface area contributed by atoms with Gasteiger partial charge in [0.1, 0.15) is 0 Å². The van der Waals surface area contributed by atoms with Crippen molar-refractivity contribution in [2.75, 3.05) is 19.6 Å². The minimum atomic E-state index is -0.728. The van der Waals surface area contributed by atoms with Crippen molar-refractivity contribution in [1.82, 2.24) is 10.2 Å². The summed E-state index contributed by atoms with van der Waals surface area (Å²) in [5.41, 5.74) is -0.644. The van der Waals surface area contributed by atoms with E-state index in [1.807, 2.05) is 6.92 Å². The SMILES string of the molecule is C#CCCCNC(=O)N1CCC(CCC)(C(=O)O)CC1. The zero-order valence-corrected chi connectivity index (χ0v) is 12.2. The molecular weight excluding hydrogens is 256 g/mol. The van der Waals surface area contributed by atoms with E-state index < -0.39 is 11.4 Å². The number of nitrogens with zero attached hydrogens (tertiary/aromatic N) is 1. The highest BCUT2D eigenvalue weighted by molar-refractivity contribution is 5.77. The number of urea groups is 1. The number of hydrogen-bond acceptors (Lipinski definition) is 2. The standard InChI is InChI=1S/C15H24N2O3/c1-3-5-6-10-16-14(20)17-11-8-15(7-4-2,9-12-17)13(18)19/h1H,4-12H2,2H3,(H,16,20)(H,18,19). The number of carbonyl (C=O) groups excluding carboxylic acids is 1. The van der Waals surface area contributed by atoms with Crippen molar-refractivity contribution < 1.29 is 14.7 Å². The number of carboxylic acid groups (broad SMARTS) is 1. The zero-order chi connectivity index (χ0) is 15.0. The van der Waals surface area contributed by atoms with Crippen LogP contribution in [0.25, 0.3) is 0 Å². The van der Waals surface area contributed by atoms with Gasteiger partial charge in [-0.15, -0.1) is 12.3 Å². The number of amides is 2. The average Bonchev–Trinajstić information content (AvgIpc) is 2.44. The molecule has 0 unspecified atom stereocenters. The van der Waals surface area contributed by atoms with Gasteiger partial charge in [-0.2, -0.15) is 0 Å². The van der Waals surface area contributed by atoms with E-state index in [9.17, 15) is 14.7 Å². The van der Waals surface area contributed by atoms with Crippen molar-refractivity contribution in [2.24, 2.45) is 5.41 Å². The molecule has 20 heavy (non-hydrogen) atoms. The van der Waals surface area contributed by atoms with Crippen LogP contribution in [0.3, 0.4) is 0 Å². The zero-order valence-electron chi connectivity index (χ0n) is 12.2. The van der Waals surface area contributed by atoms with E-state index in [0.29, 0.717) is 45.3 Å². The monoisotopic (exact) mass is 280 g/mol. The number of terminal acetylenes is 1. The summed E-state index contributed by atoms with van der Waals surface area (Å²) in [5, 5.41) is 12.2. The van der Waals surface area contributed by atoms with Gasteiger partial charge in [-0.25, -0.2) is 4.79 Å². The largest absolute Gasteiger partial charge is 0.481 e. The second-order valence-corrected chi connectivity index (χ2v) is 5.36. The highest BCUT2D eigenvalue weighted by Gasteiger charge is 2.41. The van der Waals surface area contributed by atoms with Crippen molar-refractivity contribution in [3.63, 3.8) is 0 Å². The summed E-state index contributed by atoms with van der Waals surface area (Å²) in [6.45, 7) is 3.58. The van der Waals surface area contributed by atoms with E-state index >= 15 is 0 Å². The van der Waals surface area contributed by atoms with Crippen molar-refractivity contribution in [1.29, 1.82) is 0 Å². The molecule has 2 amide bonds.